The van der Waals surface area contributed by atoms with E-state index in [1.54, 1.807) is 19.1 Å². The average molecular weight is 381 g/mol. The molecule has 0 fully saturated rings. The number of hydrogen-bond acceptors (Lipinski definition) is 4. The molecule has 8 heteroatoms. The summed E-state index contributed by atoms with van der Waals surface area (Å²) in [6, 6.07) is 11.5. The number of hydroxylamine groups is 1. The number of halogens is 1. The van der Waals surface area contributed by atoms with Crippen molar-refractivity contribution in [3.8, 4) is 0 Å². The van der Waals surface area contributed by atoms with Crippen LogP contribution in [0.3, 0.4) is 0 Å². The van der Waals surface area contributed by atoms with Crippen LogP contribution in [-0.2, 0) is 21.3 Å². The summed E-state index contributed by atoms with van der Waals surface area (Å²) in [4.78, 5) is 16.8. The van der Waals surface area contributed by atoms with Gasteiger partial charge >= 0.3 is 0 Å². The Balaban J connectivity index is 1.99. The highest BCUT2D eigenvalue weighted by Crippen LogP contribution is 2.35. The van der Waals surface area contributed by atoms with E-state index in [1.807, 2.05) is 12.1 Å². The molecule has 0 radical (unpaired) electrons. The average Bonchev–Trinajstić information content (AvgIpc) is 3.04. The maximum atomic E-state index is 13.1. The molecule has 3 rings (SSSR count). The largest absolute Gasteiger partial charge is 0.274 e. The van der Waals surface area contributed by atoms with Crippen molar-refractivity contribution < 1.29 is 18.0 Å². The summed E-state index contributed by atoms with van der Waals surface area (Å²) in [5, 5.41) is 0.0670. The predicted octanol–water partition coefficient (Wildman–Crippen LogP) is 2.77. The first-order valence-electron chi connectivity index (χ1n) is 7.77. The summed E-state index contributed by atoms with van der Waals surface area (Å²) >= 11 is 6.13. The molecule has 1 amide bonds. The molecule has 1 aliphatic rings. The topological polar surface area (TPSA) is 75.7 Å². The Bertz CT molecular complexity index is 915. The summed E-state index contributed by atoms with van der Waals surface area (Å²) in [7, 11) is -3.88. The van der Waals surface area contributed by atoms with E-state index >= 15 is 0 Å². The van der Waals surface area contributed by atoms with Gasteiger partial charge in [-0.1, -0.05) is 29.8 Å². The van der Waals surface area contributed by atoms with Crippen molar-refractivity contribution in [1.29, 1.82) is 0 Å². The number of anilines is 1. The van der Waals surface area contributed by atoms with Gasteiger partial charge in [0, 0.05) is 12.1 Å². The van der Waals surface area contributed by atoms with Crippen molar-refractivity contribution in [2.75, 3.05) is 17.5 Å². The molecular weight excluding hydrogens is 364 g/mol. The molecule has 1 N–H and O–H groups in total. The lowest BCUT2D eigenvalue weighted by Gasteiger charge is -2.20. The monoisotopic (exact) mass is 380 g/mol. The van der Waals surface area contributed by atoms with Gasteiger partial charge in [-0.2, -0.15) is 0 Å². The van der Waals surface area contributed by atoms with Crippen LogP contribution in [0, 0.1) is 0 Å². The third-order valence-electron chi connectivity index (χ3n) is 3.92. The highest BCUT2D eigenvalue weighted by molar-refractivity contribution is 7.93. The zero-order valence-corrected chi connectivity index (χ0v) is 15.1. The van der Waals surface area contributed by atoms with Crippen LogP contribution in [0.4, 0.5) is 5.69 Å². The summed E-state index contributed by atoms with van der Waals surface area (Å²) in [6.45, 7) is 2.37. The SMILES string of the molecule is CCONC(=O)c1ccc(Cl)c(S(=O)(=O)N2CCc3ccccc32)c1. The van der Waals surface area contributed by atoms with E-state index in [-0.39, 0.29) is 15.5 Å². The third kappa shape index (κ3) is 3.35. The van der Waals surface area contributed by atoms with Gasteiger partial charge in [0.05, 0.1) is 17.3 Å². The Hall–Kier alpha value is -2.09. The van der Waals surface area contributed by atoms with Crippen molar-refractivity contribution in [2.45, 2.75) is 18.2 Å². The summed E-state index contributed by atoms with van der Waals surface area (Å²) in [5.74, 6) is -0.531. The van der Waals surface area contributed by atoms with E-state index in [2.05, 4.69) is 5.48 Å². The molecule has 0 saturated heterocycles. The van der Waals surface area contributed by atoms with Crippen molar-refractivity contribution >= 4 is 33.2 Å². The molecule has 25 heavy (non-hydrogen) atoms. The van der Waals surface area contributed by atoms with Crippen LogP contribution in [-0.4, -0.2) is 27.5 Å². The number of nitrogens with one attached hydrogen (secondary N) is 1. The highest BCUT2D eigenvalue weighted by Gasteiger charge is 2.32. The van der Waals surface area contributed by atoms with Gasteiger partial charge in [-0.15, -0.1) is 0 Å². The van der Waals surface area contributed by atoms with Crippen LogP contribution in [0.1, 0.15) is 22.8 Å². The summed E-state index contributed by atoms with van der Waals surface area (Å²) in [5.41, 5.74) is 4.00. The van der Waals surface area contributed by atoms with Gasteiger partial charge in [-0.3, -0.25) is 13.9 Å². The van der Waals surface area contributed by atoms with Gasteiger partial charge in [0.1, 0.15) is 4.90 Å². The molecular formula is C17H17ClN2O4S. The lowest BCUT2D eigenvalue weighted by molar-refractivity contribution is 0.0364. The number of rotatable bonds is 5. The number of sulfonamides is 1. The standard InChI is InChI=1S/C17H17ClN2O4S/c1-2-24-19-17(21)13-7-8-14(18)16(11-13)25(22,23)20-10-9-12-5-3-4-6-15(12)20/h3-8,11H,2,9-10H2,1H3,(H,19,21). The van der Waals surface area contributed by atoms with E-state index in [1.165, 1.54) is 22.5 Å². The smallest absolute Gasteiger partial charge is 0.274 e. The fourth-order valence-corrected chi connectivity index (χ4v) is 4.72. The Morgan fingerprint density at radius 3 is 2.80 bits per heavy atom. The number of para-hydroxylation sites is 1. The van der Waals surface area contributed by atoms with Crippen LogP contribution in [0.25, 0.3) is 0 Å². The fraction of sp³-hybridized carbons (Fsp3) is 0.235. The summed E-state index contributed by atoms with van der Waals surface area (Å²) in [6.07, 6.45) is 0.636. The van der Waals surface area contributed by atoms with E-state index in [0.717, 1.165) is 5.56 Å². The molecule has 0 aliphatic carbocycles. The van der Waals surface area contributed by atoms with Crippen molar-refractivity contribution in [3.05, 3.63) is 58.6 Å². The third-order valence-corrected chi connectivity index (χ3v) is 6.21. The Morgan fingerprint density at radius 1 is 1.28 bits per heavy atom. The maximum Gasteiger partial charge on any atom is 0.274 e. The molecule has 1 heterocycles. The van der Waals surface area contributed by atoms with Crippen molar-refractivity contribution in [2.24, 2.45) is 0 Å². The molecule has 2 aromatic carbocycles. The maximum absolute atomic E-state index is 13.1. The zero-order chi connectivity index (χ0) is 18.0. The quantitative estimate of drug-likeness (QED) is 0.809. The molecule has 2 aromatic rings. The van der Waals surface area contributed by atoms with Gasteiger partial charge in [-0.05, 0) is 43.2 Å². The molecule has 1 aliphatic heterocycles. The second-order valence-electron chi connectivity index (χ2n) is 5.47. The van der Waals surface area contributed by atoms with E-state index < -0.39 is 15.9 Å². The number of carbonyl (C=O) groups is 1. The first-order valence-corrected chi connectivity index (χ1v) is 9.59. The lowest BCUT2D eigenvalue weighted by atomic mass is 10.2. The van der Waals surface area contributed by atoms with Crippen molar-refractivity contribution in [3.63, 3.8) is 0 Å². The first-order chi connectivity index (χ1) is 11.9. The lowest BCUT2D eigenvalue weighted by Crippen LogP contribution is -2.30. The second-order valence-corrected chi connectivity index (χ2v) is 7.70. The second kappa shape index (κ2) is 7.03. The molecule has 0 unspecified atom stereocenters. The van der Waals surface area contributed by atoms with Gasteiger partial charge in [-0.25, -0.2) is 13.9 Å². The first kappa shape index (κ1) is 17.7. The Kier molecular flexibility index (Phi) is 4.99. The minimum absolute atomic E-state index is 0.0670. The zero-order valence-electron chi connectivity index (χ0n) is 13.5. The van der Waals surface area contributed by atoms with E-state index in [9.17, 15) is 13.2 Å². The minimum Gasteiger partial charge on any atom is -0.274 e. The fourth-order valence-electron chi connectivity index (χ4n) is 2.72. The minimum atomic E-state index is -3.88. The summed E-state index contributed by atoms with van der Waals surface area (Å²) < 4.78 is 27.5. The van der Waals surface area contributed by atoms with Crippen LogP contribution in [0.2, 0.25) is 5.02 Å². The number of hydrogen-bond donors (Lipinski definition) is 1. The van der Waals surface area contributed by atoms with Gasteiger partial charge in [0.2, 0.25) is 0 Å². The number of amides is 1. The molecule has 0 spiro atoms. The van der Waals surface area contributed by atoms with Gasteiger partial charge in [0.25, 0.3) is 15.9 Å². The molecule has 0 atom stereocenters. The molecule has 0 bridgehead atoms. The molecule has 0 saturated carbocycles. The van der Waals surface area contributed by atoms with Crippen LogP contribution in [0.15, 0.2) is 47.4 Å². The van der Waals surface area contributed by atoms with Gasteiger partial charge < -0.3 is 0 Å². The predicted molar refractivity (Wildman–Crippen MR) is 95.2 cm³/mol. The Morgan fingerprint density at radius 2 is 2.04 bits per heavy atom. The highest BCUT2D eigenvalue weighted by atomic mass is 35.5. The number of benzene rings is 2. The molecule has 0 aromatic heterocycles. The normalized spacial score (nSPS) is 13.6. The van der Waals surface area contributed by atoms with Crippen LogP contribution in [0.5, 0.6) is 0 Å². The van der Waals surface area contributed by atoms with Crippen LogP contribution >= 0.6 is 11.6 Å². The molecule has 132 valence electrons. The molecule has 6 nitrogen and oxygen atoms in total. The van der Waals surface area contributed by atoms with Crippen molar-refractivity contribution in [1.82, 2.24) is 5.48 Å². The number of fused-ring (bicyclic) bond motifs is 1. The number of carbonyl (C=O) groups excluding carboxylic acids is 1. The van der Waals surface area contributed by atoms with E-state index in [0.29, 0.717) is 25.3 Å². The Labute approximate surface area is 151 Å². The van der Waals surface area contributed by atoms with E-state index in [4.69, 9.17) is 16.4 Å². The van der Waals surface area contributed by atoms with Gasteiger partial charge in [0.15, 0.2) is 0 Å². The number of nitrogens with zero attached hydrogens (tertiary/aromatic N) is 1. The van der Waals surface area contributed by atoms with Crippen LogP contribution < -0.4 is 9.79 Å².